The van der Waals surface area contributed by atoms with Crippen LogP contribution in [0.2, 0.25) is 5.02 Å². The number of hydrogen-bond donors (Lipinski definition) is 2. The predicted octanol–water partition coefficient (Wildman–Crippen LogP) is 6.29. The van der Waals surface area contributed by atoms with E-state index in [-0.39, 0.29) is 28.3 Å². The average molecular weight is 534 g/mol. The highest BCUT2D eigenvalue weighted by molar-refractivity contribution is 6.51. The van der Waals surface area contributed by atoms with Gasteiger partial charge in [0.05, 0.1) is 34.8 Å². The third-order valence-corrected chi connectivity index (χ3v) is 6.93. The Hall–Kier alpha value is -4.17. The van der Waals surface area contributed by atoms with Crippen LogP contribution in [0.4, 0.5) is 10.3 Å². The Labute approximate surface area is 223 Å². The molecule has 0 spiro atoms. The summed E-state index contributed by atoms with van der Waals surface area (Å²) < 4.78 is 19.1. The number of nitrogens with one attached hydrogen (secondary N) is 1. The number of Topliss-reactive ketones (excluding diaryl/α,β-unsaturated/α-hetero) is 1. The minimum atomic E-state index is -1.00. The van der Waals surface area contributed by atoms with Gasteiger partial charge in [0, 0.05) is 5.56 Å². The standard InChI is InChI=1S/C29H25ClFN3O4/c1-29(2,3)17-8-5-15(6-9-17)24-23(25(35)16-7-11-19(30)22(13-16)38-4)26(36)27(37)34(24)28-32-20-12-10-18(31)14-21(20)33-28/h5-14,24,35H,1-4H3,(H,32,33)/b25-23+. The van der Waals surface area contributed by atoms with Gasteiger partial charge in [0.2, 0.25) is 5.95 Å². The van der Waals surface area contributed by atoms with Crippen molar-refractivity contribution in [3.05, 3.63) is 93.8 Å². The summed E-state index contributed by atoms with van der Waals surface area (Å²) in [6.07, 6.45) is 0. The number of ketones is 1. The fourth-order valence-electron chi connectivity index (χ4n) is 4.58. The van der Waals surface area contributed by atoms with E-state index in [0.717, 1.165) is 5.56 Å². The third kappa shape index (κ3) is 4.31. The molecule has 4 aromatic rings. The van der Waals surface area contributed by atoms with E-state index < -0.39 is 23.5 Å². The minimum Gasteiger partial charge on any atom is -0.507 e. The van der Waals surface area contributed by atoms with Crippen LogP contribution < -0.4 is 9.64 Å². The van der Waals surface area contributed by atoms with Crippen LogP contribution >= 0.6 is 11.6 Å². The highest BCUT2D eigenvalue weighted by atomic mass is 35.5. The Morgan fingerprint density at radius 1 is 1.08 bits per heavy atom. The second-order valence-electron chi connectivity index (χ2n) is 10.1. The molecule has 1 saturated heterocycles. The summed E-state index contributed by atoms with van der Waals surface area (Å²) >= 11 is 6.15. The van der Waals surface area contributed by atoms with E-state index in [1.54, 1.807) is 0 Å². The Kier molecular flexibility index (Phi) is 6.23. The normalized spacial score (nSPS) is 17.4. The molecule has 5 rings (SSSR count). The number of H-pyrrole nitrogens is 1. The number of ether oxygens (including phenoxy) is 1. The van der Waals surface area contributed by atoms with Crippen molar-refractivity contribution >= 4 is 46.0 Å². The summed E-state index contributed by atoms with van der Waals surface area (Å²) in [5.41, 5.74) is 2.45. The first-order valence-electron chi connectivity index (χ1n) is 11.9. The number of halogens is 2. The van der Waals surface area contributed by atoms with E-state index in [4.69, 9.17) is 16.3 Å². The van der Waals surface area contributed by atoms with Gasteiger partial charge in [-0.05, 0) is 52.9 Å². The molecule has 1 aromatic heterocycles. The SMILES string of the molecule is COc1cc(/C(O)=C2\C(=O)C(=O)N(c3nc4ccc(F)cc4[nH]3)C2c2ccc(C(C)(C)C)cc2)ccc1Cl. The van der Waals surface area contributed by atoms with Crippen molar-refractivity contribution in [3.63, 3.8) is 0 Å². The number of methoxy groups -OCH3 is 1. The van der Waals surface area contributed by atoms with Crippen molar-refractivity contribution in [2.24, 2.45) is 0 Å². The van der Waals surface area contributed by atoms with E-state index in [1.165, 1.54) is 48.4 Å². The third-order valence-electron chi connectivity index (χ3n) is 6.62. The highest BCUT2D eigenvalue weighted by Crippen LogP contribution is 2.43. The number of aromatic amines is 1. The van der Waals surface area contributed by atoms with Crippen molar-refractivity contribution < 1.29 is 23.8 Å². The van der Waals surface area contributed by atoms with Crippen LogP contribution in [0.25, 0.3) is 16.8 Å². The fraction of sp³-hybridized carbons (Fsp3) is 0.207. The molecule has 2 N–H and O–H groups in total. The molecular formula is C29H25ClFN3O4. The Balaban J connectivity index is 1.72. The molecule has 7 nitrogen and oxygen atoms in total. The van der Waals surface area contributed by atoms with Crippen molar-refractivity contribution in [2.45, 2.75) is 32.2 Å². The Morgan fingerprint density at radius 3 is 2.45 bits per heavy atom. The van der Waals surface area contributed by atoms with Crippen LogP contribution in [0.5, 0.6) is 5.75 Å². The number of aliphatic hydroxyl groups excluding tert-OH is 1. The fourth-order valence-corrected chi connectivity index (χ4v) is 4.77. The topological polar surface area (TPSA) is 95.5 Å². The molecule has 3 aromatic carbocycles. The van der Waals surface area contributed by atoms with Gasteiger partial charge in [0.15, 0.2) is 0 Å². The molecule has 38 heavy (non-hydrogen) atoms. The Morgan fingerprint density at radius 2 is 1.79 bits per heavy atom. The molecule has 0 bridgehead atoms. The molecule has 1 unspecified atom stereocenters. The number of fused-ring (bicyclic) bond motifs is 1. The number of hydrogen-bond acceptors (Lipinski definition) is 5. The molecule has 2 heterocycles. The second kappa shape index (κ2) is 9.29. The molecule has 1 amide bonds. The number of amides is 1. The van der Waals surface area contributed by atoms with Gasteiger partial charge in [0.25, 0.3) is 5.78 Å². The van der Waals surface area contributed by atoms with Crippen molar-refractivity contribution in [1.29, 1.82) is 0 Å². The number of rotatable bonds is 4. The summed E-state index contributed by atoms with van der Waals surface area (Å²) in [6.45, 7) is 6.24. The maximum Gasteiger partial charge on any atom is 0.302 e. The molecule has 0 radical (unpaired) electrons. The lowest BCUT2D eigenvalue weighted by Crippen LogP contribution is -2.30. The molecule has 1 aliphatic heterocycles. The minimum absolute atomic E-state index is 0.0605. The first-order chi connectivity index (χ1) is 18.0. The number of anilines is 1. The van der Waals surface area contributed by atoms with E-state index in [0.29, 0.717) is 27.4 Å². The van der Waals surface area contributed by atoms with Crippen molar-refractivity contribution in [2.75, 3.05) is 12.0 Å². The van der Waals surface area contributed by atoms with Gasteiger partial charge in [-0.3, -0.25) is 14.5 Å². The summed E-state index contributed by atoms with van der Waals surface area (Å²) in [5.74, 6) is -2.25. The predicted molar refractivity (Wildman–Crippen MR) is 144 cm³/mol. The van der Waals surface area contributed by atoms with Gasteiger partial charge in [-0.2, -0.15) is 0 Å². The van der Waals surface area contributed by atoms with Crippen LogP contribution in [0.3, 0.4) is 0 Å². The number of aromatic nitrogens is 2. The van der Waals surface area contributed by atoms with Crippen molar-refractivity contribution in [3.8, 4) is 5.75 Å². The van der Waals surface area contributed by atoms with E-state index in [9.17, 15) is 19.1 Å². The second-order valence-corrected chi connectivity index (χ2v) is 10.5. The monoisotopic (exact) mass is 533 g/mol. The molecule has 9 heteroatoms. The van der Waals surface area contributed by atoms with Crippen LogP contribution in [0.15, 0.2) is 66.2 Å². The summed E-state index contributed by atoms with van der Waals surface area (Å²) in [5, 5.41) is 11.7. The van der Waals surface area contributed by atoms with Gasteiger partial charge in [-0.25, -0.2) is 9.37 Å². The maximum absolute atomic E-state index is 13.8. The summed E-state index contributed by atoms with van der Waals surface area (Å²) in [7, 11) is 1.44. The number of benzene rings is 3. The van der Waals surface area contributed by atoms with Crippen molar-refractivity contribution in [1.82, 2.24) is 9.97 Å². The van der Waals surface area contributed by atoms with Gasteiger partial charge in [-0.15, -0.1) is 0 Å². The Bertz CT molecular complexity index is 1620. The number of nitrogens with zero attached hydrogens (tertiary/aromatic N) is 2. The molecule has 194 valence electrons. The zero-order chi connectivity index (χ0) is 27.4. The number of aliphatic hydroxyl groups is 1. The molecule has 1 atom stereocenters. The lowest BCUT2D eigenvalue weighted by molar-refractivity contribution is -0.132. The van der Waals surface area contributed by atoms with Gasteiger partial charge < -0.3 is 14.8 Å². The molecule has 0 aliphatic carbocycles. The molecular weight excluding hydrogens is 509 g/mol. The lowest BCUT2D eigenvalue weighted by atomic mass is 9.85. The van der Waals surface area contributed by atoms with E-state index in [2.05, 4.69) is 30.7 Å². The number of imidazole rings is 1. The van der Waals surface area contributed by atoms with Crippen LogP contribution in [-0.4, -0.2) is 33.9 Å². The first kappa shape index (κ1) is 25.5. The van der Waals surface area contributed by atoms with Crippen LogP contribution in [0.1, 0.15) is 43.5 Å². The van der Waals surface area contributed by atoms with Crippen LogP contribution in [-0.2, 0) is 15.0 Å². The maximum atomic E-state index is 13.8. The molecule has 1 aliphatic rings. The quantitative estimate of drug-likeness (QED) is 0.183. The largest absolute Gasteiger partial charge is 0.507 e. The molecule has 0 saturated carbocycles. The average Bonchev–Trinajstić information content (AvgIpc) is 3.41. The smallest absolute Gasteiger partial charge is 0.302 e. The highest BCUT2D eigenvalue weighted by Gasteiger charge is 2.48. The molecule has 1 fully saturated rings. The van der Waals surface area contributed by atoms with E-state index in [1.807, 2.05) is 24.3 Å². The number of carbonyl (C=O) groups is 2. The van der Waals surface area contributed by atoms with Crippen LogP contribution in [0, 0.1) is 5.82 Å². The number of carbonyl (C=O) groups excluding carboxylic acids is 2. The zero-order valence-corrected chi connectivity index (χ0v) is 21.9. The van der Waals surface area contributed by atoms with Gasteiger partial charge >= 0.3 is 5.91 Å². The zero-order valence-electron chi connectivity index (χ0n) is 21.2. The lowest BCUT2D eigenvalue weighted by Gasteiger charge is -2.25. The van der Waals surface area contributed by atoms with Gasteiger partial charge in [0.1, 0.15) is 17.3 Å². The summed E-state index contributed by atoms with van der Waals surface area (Å²) in [6, 6.07) is 15.1. The first-order valence-corrected chi connectivity index (χ1v) is 12.3. The summed E-state index contributed by atoms with van der Waals surface area (Å²) in [4.78, 5) is 35.5. The van der Waals surface area contributed by atoms with Gasteiger partial charge in [-0.1, -0.05) is 56.6 Å². The van der Waals surface area contributed by atoms with E-state index >= 15 is 0 Å².